The van der Waals surface area contributed by atoms with E-state index < -0.39 is 15.0 Å². The van der Waals surface area contributed by atoms with Gasteiger partial charge in [-0.1, -0.05) is 0 Å². The minimum atomic E-state index is -3.99. The Hall–Kier alpha value is -2.06. The molecule has 0 saturated carbocycles. The van der Waals surface area contributed by atoms with E-state index in [4.69, 9.17) is 15.4 Å². The van der Waals surface area contributed by atoms with Crippen LogP contribution in [0.2, 0.25) is 0 Å². The van der Waals surface area contributed by atoms with E-state index in [1.165, 1.54) is 31.5 Å². The lowest BCUT2D eigenvalue weighted by Crippen LogP contribution is -2.12. The summed E-state index contributed by atoms with van der Waals surface area (Å²) < 4.78 is 27.9. The average Bonchev–Trinajstić information content (AvgIpc) is 2.84. The van der Waals surface area contributed by atoms with Gasteiger partial charge in [-0.15, -0.1) is 0 Å². The lowest BCUT2D eigenvalue weighted by molar-refractivity contribution is 0.102. The summed E-state index contributed by atoms with van der Waals surface area (Å²) in [6.45, 7) is 1.70. The Labute approximate surface area is 125 Å². The van der Waals surface area contributed by atoms with Crippen molar-refractivity contribution in [3.8, 4) is 5.75 Å². The molecule has 0 saturated heterocycles. The van der Waals surface area contributed by atoms with Gasteiger partial charge in [0, 0.05) is 22.1 Å². The molecule has 0 spiro atoms. The van der Waals surface area contributed by atoms with Gasteiger partial charge in [0.1, 0.15) is 10.6 Å². The van der Waals surface area contributed by atoms with E-state index in [-0.39, 0.29) is 16.3 Å². The van der Waals surface area contributed by atoms with Crippen LogP contribution in [0.1, 0.15) is 16.1 Å². The molecule has 2 N–H and O–H groups in total. The number of aromatic amines is 1. The lowest BCUT2D eigenvalue weighted by atomic mass is 10.2. The molecule has 9 heteroatoms. The van der Waals surface area contributed by atoms with Gasteiger partial charge in [-0.2, -0.15) is 5.10 Å². The molecule has 2 rings (SSSR count). The van der Waals surface area contributed by atoms with Gasteiger partial charge < -0.3 is 10.1 Å². The summed E-state index contributed by atoms with van der Waals surface area (Å²) in [5, 5.41) is 8.96. The zero-order valence-corrected chi connectivity index (χ0v) is 12.7. The highest BCUT2D eigenvalue weighted by Crippen LogP contribution is 2.29. The second kappa shape index (κ2) is 5.74. The van der Waals surface area contributed by atoms with Gasteiger partial charge in [0.15, 0.2) is 0 Å². The number of H-pyrrole nitrogens is 1. The lowest BCUT2D eigenvalue weighted by Gasteiger charge is -2.09. The molecule has 0 unspecified atom stereocenters. The van der Waals surface area contributed by atoms with Crippen LogP contribution in [0.3, 0.4) is 0 Å². The largest absolute Gasteiger partial charge is 0.495 e. The molecule has 1 aromatic heterocycles. The maximum Gasteiger partial charge on any atom is 0.265 e. The fourth-order valence-corrected chi connectivity index (χ4v) is 2.74. The van der Waals surface area contributed by atoms with Gasteiger partial charge in [-0.3, -0.25) is 9.89 Å². The van der Waals surface area contributed by atoms with Crippen LogP contribution in [0.15, 0.2) is 29.3 Å². The van der Waals surface area contributed by atoms with Gasteiger partial charge >= 0.3 is 0 Å². The molecule has 1 aromatic carbocycles. The van der Waals surface area contributed by atoms with Crippen molar-refractivity contribution in [2.75, 3.05) is 12.4 Å². The molecule has 7 nitrogen and oxygen atoms in total. The average molecular weight is 330 g/mol. The van der Waals surface area contributed by atoms with Gasteiger partial charge in [0.05, 0.1) is 18.9 Å². The van der Waals surface area contributed by atoms with Gasteiger partial charge in [0.2, 0.25) is 0 Å². The number of carbonyl (C=O) groups is 1. The van der Waals surface area contributed by atoms with Gasteiger partial charge in [0.25, 0.3) is 15.0 Å². The Morgan fingerprint density at radius 1 is 1.43 bits per heavy atom. The summed E-state index contributed by atoms with van der Waals surface area (Å²) in [5.74, 6) is -0.313. The van der Waals surface area contributed by atoms with E-state index in [0.29, 0.717) is 11.3 Å². The Bertz CT molecular complexity index is 786. The molecule has 0 aliphatic heterocycles. The highest BCUT2D eigenvalue weighted by Gasteiger charge is 2.18. The minimum Gasteiger partial charge on any atom is -0.495 e. The van der Waals surface area contributed by atoms with Crippen molar-refractivity contribution in [3.63, 3.8) is 0 Å². The van der Waals surface area contributed by atoms with E-state index >= 15 is 0 Å². The van der Waals surface area contributed by atoms with Gasteiger partial charge in [-0.05, 0) is 25.1 Å². The molecular weight excluding hydrogens is 318 g/mol. The first-order valence-electron chi connectivity index (χ1n) is 5.77. The quantitative estimate of drug-likeness (QED) is 0.834. The third kappa shape index (κ3) is 3.34. The number of halogens is 1. The van der Waals surface area contributed by atoms with E-state index in [1.54, 1.807) is 6.92 Å². The fourth-order valence-electron chi connectivity index (χ4n) is 1.72. The normalized spacial score (nSPS) is 11.2. The number of amides is 1. The van der Waals surface area contributed by atoms with Crippen LogP contribution >= 0.6 is 10.7 Å². The first-order chi connectivity index (χ1) is 9.82. The van der Waals surface area contributed by atoms with Crippen molar-refractivity contribution >= 4 is 31.3 Å². The predicted octanol–water partition coefficient (Wildman–Crippen LogP) is 1.91. The number of aromatic nitrogens is 2. The number of anilines is 1. The molecule has 0 atom stereocenters. The molecule has 21 heavy (non-hydrogen) atoms. The number of methoxy groups -OCH3 is 1. The topological polar surface area (TPSA) is 101 Å². The Morgan fingerprint density at radius 3 is 2.67 bits per heavy atom. The Morgan fingerprint density at radius 2 is 2.14 bits per heavy atom. The summed E-state index contributed by atoms with van der Waals surface area (Å²) in [6, 6.07) is 4.15. The number of nitrogens with zero attached hydrogens (tertiary/aromatic N) is 1. The first-order valence-corrected chi connectivity index (χ1v) is 8.08. The van der Waals surface area contributed by atoms with E-state index in [2.05, 4.69) is 15.5 Å². The van der Waals surface area contributed by atoms with Crippen LogP contribution in [-0.4, -0.2) is 31.6 Å². The van der Waals surface area contributed by atoms with Crippen molar-refractivity contribution in [2.24, 2.45) is 0 Å². The van der Waals surface area contributed by atoms with Crippen LogP contribution in [0.25, 0.3) is 0 Å². The molecule has 1 amide bonds. The number of nitrogens with one attached hydrogen (secondary N) is 2. The maximum absolute atomic E-state index is 12.0. The number of rotatable bonds is 4. The van der Waals surface area contributed by atoms with Crippen molar-refractivity contribution in [2.45, 2.75) is 11.8 Å². The molecular formula is C12H12ClN3O4S. The Balaban J connectivity index is 2.34. The zero-order chi connectivity index (χ0) is 15.6. The van der Waals surface area contributed by atoms with Crippen LogP contribution in [0.5, 0.6) is 5.75 Å². The summed E-state index contributed by atoms with van der Waals surface area (Å²) in [6.07, 6.45) is 1.38. The fraction of sp³-hybridized carbons (Fsp3) is 0.167. The smallest absolute Gasteiger partial charge is 0.265 e. The molecule has 2 aromatic rings. The second-order valence-corrected chi connectivity index (χ2v) is 6.70. The van der Waals surface area contributed by atoms with Crippen molar-refractivity contribution in [1.82, 2.24) is 10.2 Å². The number of aryl methyl sites for hydroxylation is 1. The van der Waals surface area contributed by atoms with Crippen molar-refractivity contribution < 1.29 is 17.9 Å². The molecule has 0 bridgehead atoms. The number of benzene rings is 1. The zero-order valence-electron chi connectivity index (χ0n) is 11.2. The number of carbonyl (C=O) groups excluding carboxylic acids is 1. The molecule has 0 radical (unpaired) electrons. The highest BCUT2D eigenvalue weighted by molar-refractivity contribution is 8.13. The Kier molecular flexibility index (Phi) is 4.19. The minimum absolute atomic E-state index is 0.0995. The summed E-state index contributed by atoms with van der Waals surface area (Å²) >= 11 is 0. The van der Waals surface area contributed by atoms with E-state index in [0.717, 1.165) is 0 Å². The van der Waals surface area contributed by atoms with Crippen LogP contribution in [-0.2, 0) is 9.05 Å². The number of hydrogen-bond acceptors (Lipinski definition) is 5. The van der Waals surface area contributed by atoms with Crippen LogP contribution < -0.4 is 10.1 Å². The summed E-state index contributed by atoms with van der Waals surface area (Å²) in [5.41, 5.74) is 1.24. The van der Waals surface area contributed by atoms with E-state index in [9.17, 15) is 13.2 Å². The maximum atomic E-state index is 12.0. The van der Waals surface area contributed by atoms with Crippen LogP contribution in [0.4, 0.5) is 5.69 Å². The SMILES string of the molecule is COc1ccc(NC(=O)c2cn[nH]c2C)cc1S(=O)(=O)Cl. The third-order valence-corrected chi connectivity index (χ3v) is 4.10. The monoisotopic (exact) mass is 329 g/mol. The standard InChI is InChI=1S/C12H12ClN3O4S/c1-7-9(6-14-16-7)12(17)15-8-3-4-10(20-2)11(5-8)21(13,18)19/h3-6H,1-2H3,(H,14,16)(H,15,17). The molecule has 0 aliphatic carbocycles. The molecule has 0 fully saturated rings. The second-order valence-electron chi connectivity index (χ2n) is 4.17. The molecule has 1 heterocycles. The van der Waals surface area contributed by atoms with E-state index in [1.807, 2.05) is 0 Å². The number of hydrogen-bond donors (Lipinski definition) is 2. The van der Waals surface area contributed by atoms with Crippen LogP contribution in [0, 0.1) is 6.92 Å². The molecule has 0 aliphatic rings. The summed E-state index contributed by atoms with van der Waals surface area (Å²) in [4.78, 5) is 11.8. The van der Waals surface area contributed by atoms with Crippen molar-refractivity contribution in [1.29, 1.82) is 0 Å². The van der Waals surface area contributed by atoms with Crippen molar-refractivity contribution in [3.05, 3.63) is 35.7 Å². The molecule has 112 valence electrons. The first kappa shape index (κ1) is 15.3. The highest BCUT2D eigenvalue weighted by atomic mass is 35.7. The summed E-state index contributed by atoms with van der Waals surface area (Å²) in [7, 11) is 2.68. The van der Waals surface area contributed by atoms with Gasteiger partial charge in [-0.25, -0.2) is 8.42 Å². The number of ether oxygens (including phenoxy) is 1. The predicted molar refractivity (Wildman–Crippen MR) is 77.3 cm³/mol. The third-order valence-electron chi connectivity index (χ3n) is 2.76.